The van der Waals surface area contributed by atoms with E-state index in [0.29, 0.717) is 6.42 Å². The molecule has 0 aromatic heterocycles. The lowest BCUT2D eigenvalue weighted by atomic mass is 10.0. The van der Waals surface area contributed by atoms with Gasteiger partial charge in [0.25, 0.3) is 0 Å². The lowest BCUT2D eigenvalue weighted by Crippen LogP contribution is -2.32. The monoisotopic (exact) mass is 178 g/mol. The van der Waals surface area contributed by atoms with Crippen molar-refractivity contribution in [2.75, 3.05) is 0 Å². The Morgan fingerprint density at radius 3 is 2.25 bits per heavy atom. The zero-order valence-corrected chi connectivity index (χ0v) is 7.83. The molecule has 2 nitrogen and oxygen atoms in total. The van der Waals surface area contributed by atoms with Gasteiger partial charge >= 0.3 is 0 Å². The first kappa shape index (κ1) is 11.8. The van der Waals surface area contributed by atoms with Crippen molar-refractivity contribution in [1.29, 1.82) is 0 Å². The zero-order valence-electron chi connectivity index (χ0n) is 7.83. The third-order valence-electron chi connectivity index (χ3n) is 1.95. The molecular formula is C9H19FO2. The van der Waals surface area contributed by atoms with E-state index in [1.54, 1.807) is 0 Å². The Labute approximate surface area is 73.4 Å². The van der Waals surface area contributed by atoms with E-state index in [0.717, 1.165) is 19.3 Å². The molecule has 0 saturated heterocycles. The van der Waals surface area contributed by atoms with Crippen LogP contribution in [0.25, 0.3) is 0 Å². The Hall–Kier alpha value is -0.150. The summed E-state index contributed by atoms with van der Waals surface area (Å²) in [5, 5.41) is 17.9. The highest BCUT2D eigenvalue weighted by Crippen LogP contribution is 2.12. The first-order valence-corrected chi connectivity index (χ1v) is 4.59. The summed E-state index contributed by atoms with van der Waals surface area (Å²) in [5.74, 6) is 0. The molecule has 2 N–H and O–H groups in total. The van der Waals surface area contributed by atoms with Crippen LogP contribution in [-0.4, -0.2) is 28.6 Å². The second kappa shape index (κ2) is 6.38. The van der Waals surface area contributed by atoms with Crippen molar-refractivity contribution in [3.05, 3.63) is 0 Å². The molecule has 0 amide bonds. The Balaban J connectivity index is 3.49. The topological polar surface area (TPSA) is 40.5 Å². The number of halogens is 1. The maximum absolute atomic E-state index is 13.0. The minimum absolute atomic E-state index is 0.347. The van der Waals surface area contributed by atoms with Gasteiger partial charge in [0.2, 0.25) is 0 Å². The number of alkyl halides is 1. The lowest BCUT2D eigenvalue weighted by molar-refractivity contribution is -0.0225. The van der Waals surface area contributed by atoms with Crippen LogP contribution in [0.5, 0.6) is 0 Å². The lowest BCUT2D eigenvalue weighted by Gasteiger charge is -2.17. The van der Waals surface area contributed by atoms with Crippen LogP contribution in [0, 0.1) is 0 Å². The van der Waals surface area contributed by atoms with Crippen LogP contribution in [0.1, 0.15) is 39.5 Å². The largest absolute Gasteiger partial charge is 0.391 e. The van der Waals surface area contributed by atoms with E-state index in [1.165, 1.54) is 6.92 Å². The van der Waals surface area contributed by atoms with Gasteiger partial charge in [-0.1, -0.05) is 26.2 Å². The molecule has 0 rings (SSSR count). The molecule has 3 heteroatoms. The SMILES string of the molecule is CCCCC[C@@H](F)[C@@H](O)[C@H](C)O. The Kier molecular flexibility index (Phi) is 6.30. The predicted molar refractivity (Wildman–Crippen MR) is 46.7 cm³/mol. The molecule has 12 heavy (non-hydrogen) atoms. The summed E-state index contributed by atoms with van der Waals surface area (Å²) in [7, 11) is 0. The molecule has 0 aromatic rings. The van der Waals surface area contributed by atoms with Crippen LogP contribution in [0.3, 0.4) is 0 Å². The highest BCUT2D eigenvalue weighted by Gasteiger charge is 2.21. The number of rotatable bonds is 6. The van der Waals surface area contributed by atoms with Crippen LogP contribution in [0.2, 0.25) is 0 Å². The van der Waals surface area contributed by atoms with Gasteiger partial charge in [0.05, 0.1) is 6.10 Å². The Bertz CT molecular complexity index is 107. The molecule has 0 unspecified atom stereocenters. The summed E-state index contributed by atoms with van der Waals surface area (Å²) >= 11 is 0. The van der Waals surface area contributed by atoms with Gasteiger partial charge in [-0.05, 0) is 13.3 Å². The summed E-state index contributed by atoms with van der Waals surface area (Å²) in [5.41, 5.74) is 0. The minimum Gasteiger partial charge on any atom is -0.391 e. The molecule has 0 aliphatic rings. The van der Waals surface area contributed by atoms with Crippen LogP contribution in [0.4, 0.5) is 4.39 Å². The molecular weight excluding hydrogens is 159 g/mol. The number of unbranched alkanes of at least 4 members (excludes halogenated alkanes) is 2. The molecule has 0 fully saturated rings. The van der Waals surface area contributed by atoms with Gasteiger partial charge in [-0.15, -0.1) is 0 Å². The normalized spacial score (nSPS) is 18.8. The minimum atomic E-state index is -1.28. The van der Waals surface area contributed by atoms with E-state index < -0.39 is 18.4 Å². The second-order valence-corrected chi connectivity index (χ2v) is 3.24. The fraction of sp³-hybridized carbons (Fsp3) is 1.00. The summed E-state index contributed by atoms with van der Waals surface area (Å²) in [4.78, 5) is 0. The van der Waals surface area contributed by atoms with Gasteiger partial charge in [0.15, 0.2) is 0 Å². The highest BCUT2D eigenvalue weighted by atomic mass is 19.1. The van der Waals surface area contributed by atoms with E-state index >= 15 is 0 Å². The van der Waals surface area contributed by atoms with E-state index in [1.807, 2.05) is 6.92 Å². The van der Waals surface area contributed by atoms with Gasteiger partial charge in [-0.25, -0.2) is 4.39 Å². The van der Waals surface area contributed by atoms with Crippen LogP contribution < -0.4 is 0 Å². The molecule has 0 aliphatic carbocycles. The molecule has 0 spiro atoms. The molecule has 74 valence electrons. The zero-order chi connectivity index (χ0) is 9.56. The summed E-state index contributed by atoms with van der Waals surface area (Å²) in [6.45, 7) is 3.44. The van der Waals surface area contributed by atoms with Crippen molar-refractivity contribution in [3.8, 4) is 0 Å². The third-order valence-corrected chi connectivity index (χ3v) is 1.95. The van der Waals surface area contributed by atoms with Gasteiger partial charge < -0.3 is 10.2 Å². The highest BCUT2D eigenvalue weighted by molar-refractivity contribution is 4.72. The maximum atomic E-state index is 13.0. The summed E-state index contributed by atoms with van der Waals surface area (Å²) < 4.78 is 13.0. The molecule has 0 saturated carbocycles. The fourth-order valence-corrected chi connectivity index (χ4v) is 1.06. The molecule has 0 aromatic carbocycles. The second-order valence-electron chi connectivity index (χ2n) is 3.24. The van der Waals surface area contributed by atoms with E-state index in [9.17, 15) is 4.39 Å². The van der Waals surface area contributed by atoms with Crippen LogP contribution in [-0.2, 0) is 0 Å². The van der Waals surface area contributed by atoms with E-state index in [2.05, 4.69) is 0 Å². The summed E-state index contributed by atoms with van der Waals surface area (Å²) in [6.07, 6.45) is -0.328. The van der Waals surface area contributed by atoms with Gasteiger partial charge in [-0.3, -0.25) is 0 Å². The van der Waals surface area contributed by atoms with E-state index in [4.69, 9.17) is 10.2 Å². The third kappa shape index (κ3) is 4.67. The average Bonchev–Trinajstić information content (AvgIpc) is 2.03. The standard InChI is InChI=1S/C9H19FO2/c1-3-4-5-6-8(10)9(12)7(2)11/h7-9,11-12H,3-6H2,1-2H3/t7-,8+,9-/m0/s1. The molecule has 0 heterocycles. The number of hydrogen-bond acceptors (Lipinski definition) is 2. The summed E-state index contributed by atoms with van der Waals surface area (Å²) in [6, 6.07) is 0. The number of hydrogen-bond donors (Lipinski definition) is 2. The van der Waals surface area contributed by atoms with E-state index in [-0.39, 0.29) is 0 Å². The van der Waals surface area contributed by atoms with Crippen molar-refractivity contribution in [1.82, 2.24) is 0 Å². The quantitative estimate of drug-likeness (QED) is 0.607. The van der Waals surface area contributed by atoms with Crippen LogP contribution in [0.15, 0.2) is 0 Å². The number of aliphatic hydroxyl groups is 2. The molecule has 0 radical (unpaired) electrons. The van der Waals surface area contributed by atoms with Crippen molar-refractivity contribution in [2.24, 2.45) is 0 Å². The first-order valence-electron chi connectivity index (χ1n) is 4.59. The van der Waals surface area contributed by atoms with Gasteiger partial charge in [-0.2, -0.15) is 0 Å². The van der Waals surface area contributed by atoms with Crippen molar-refractivity contribution in [3.63, 3.8) is 0 Å². The average molecular weight is 178 g/mol. The first-order chi connectivity index (χ1) is 5.59. The van der Waals surface area contributed by atoms with Crippen LogP contribution >= 0.6 is 0 Å². The predicted octanol–water partition coefficient (Wildman–Crippen LogP) is 1.65. The molecule has 3 atom stereocenters. The smallest absolute Gasteiger partial charge is 0.128 e. The van der Waals surface area contributed by atoms with Crippen molar-refractivity contribution >= 4 is 0 Å². The fourth-order valence-electron chi connectivity index (χ4n) is 1.06. The molecule has 0 aliphatic heterocycles. The molecule has 0 bridgehead atoms. The van der Waals surface area contributed by atoms with Crippen molar-refractivity contribution < 1.29 is 14.6 Å². The maximum Gasteiger partial charge on any atom is 0.128 e. The van der Waals surface area contributed by atoms with Crippen molar-refractivity contribution in [2.45, 2.75) is 57.9 Å². The Morgan fingerprint density at radius 1 is 1.25 bits per heavy atom. The Morgan fingerprint density at radius 2 is 1.83 bits per heavy atom. The number of aliphatic hydroxyl groups excluding tert-OH is 2. The van der Waals surface area contributed by atoms with Gasteiger partial charge in [0.1, 0.15) is 12.3 Å². The van der Waals surface area contributed by atoms with Gasteiger partial charge in [0, 0.05) is 0 Å².